The number of hydrogen-bond acceptors (Lipinski definition) is 4. The first-order valence-electron chi connectivity index (χ1n) is 8.88. The molecule has 4 atom stereocenters. The highest BCUT2D eigenvalue weighted by Gasteiger charge is 2.64. The van der Waals surface area contributed by atoms with Gasteiger partial charge >= 0.3 is 5.97 Å². The van der Waals surface area contributed by atoms with Gasteiger partial charge in [-0.1, -0.05) is 25.5 Å². The second-order valence-corrected chi connectivity index (χ2v) is 8.07. The number of cyclic esters (lactones) is 1. The summed E-state index contributed by atoms with van der Waals surface area (Å²) in [5.41, 5.74) is 1.10. The second-order valence-electron chi connectivity index (χ2n) is 8.07. The van der Waals surface area contributed by atoms with Gasteiger partial charge in [0.1, 0.15) is 6.26 Å². The largest absolute Gasteiger partial charge is 0.472 e. The molecular weight excluding hydrogens is 304 g/mol. The van der Waals surface area contributed by atoms with Gasteiger partial charge in [-0.05, 0) is 37.7 Å². The molecule has 2 saturated carbocycles. The Morgan fingerprint density at radius 3 is 3.00 bits per heavy atom. The second kappa shape index (κ2) is 5.33. The molecule has 2 heterocycles. The molecule has 4 rings (SSSR count). The van der Waals surface area contributed by atoms with Crippen molar-refractivity contribution in [3.8, 4) is 0 Å². The van der Waals surface area contributed by atoms with Crippen LogP contribution in [0.1, 0.15) is 55.8 Å². The molecule has 2 aliphatic carbocycles. The number of carbonyl (C=O) groups is 2. The van der Waals surface area contributed by atoms with E-state index >= 15 is 0 Å². The van der Waals surface area contributed by atoms with E-state index in [2.05, 4.69) is 13.5 Å². The first-order chi connectivity index (χ1) is 11.5. The Bertz CT molecular complexity index is 689. The summed E-state index contributed by atoms with van der Waals surface area (Å²) >= 11 is 0. The van der Waals surface area contributed by atoms with Crippen LogP contribution in [0.5, 0.6) is 0 Å². The van der Waals surface area contributed by atoms with E-state index in [1.54, 1.807) is 6.07 Å². The Kier molecular flexibility index (Phi) is 3.48. The first kappa shape index (κ1) is 15.7. The van der Waals surface area contributed by atoms with Crippen molar-refractivity contribution >= 4 is 11.8 Å². The quantitative estimate of drug-likeness (QED) is 0.475. The van der Waals surface area contributed by atoms with Gasteiger partial charge in [0, 0.05) is 17.8 Å². The Morgan fingerprint density at radius 1 is 1.42 bits per heavy atom. The van der Waals surface area contributed by atoms with E-state index in [1.807, 2.05) is 0 Å². The maximum atomic E-state index is 12.9. The highest BCUT2D eigenvalue weighted by molar-refractivity contribution is 5.96. The van der Waals surface area contributed by atoms with Gasteiger partial charge in [0.15, 0.2) is 5.78 Å². The van der Waals surface area contributed by atoms with Crippen molar-refractivity contribution in [3.05, 3.63) is 36.3 Å². The third kappa shape index (κ3) is 2.04. The number of ether oxygens (including phenoxy) is 1. The van der Waals surface area contributed by atoms with Crippen molar-refractivity contribution in [2.75, 3.05) is 6.61 Å². The maximum Gasteiger partial charge on any atom is 0.313 e. The molecule has 1 aromatic heterocycles. The van der Waals surface area contributed by atoms with Crippen LogP contribution >= 0.6 is 0 Å². The Morgan fingerprint density at radius 2 is 2.25 bits per heavy atom. The van der Waals surface area contributed by atoms with Gasteiger partial charge in [0.05, 0.1) is 23.8 Å². The number of allylic oxidation sites excluding steroid dienone is 1. The summed E-state index contributed by atoms with van der Waals surface area (Å²) < 4.78 is 10.7. The van der Waals surface area contributed by atoms with Crippen LogP contribution in [-0.2, 0) is 9.53 Å². The highest BCUT2D eigenvalue weighted by Crippen LogP contribution is 2.64. The van der Waals surface area contributed by atoms with Gasteiger partial charge in [-0.3, -0.25) is 9.59 Å². The molecule has 0 N–H and O–H groups in total. The number of furan rings is 1. The van der Waals surface area contributed by atoms with Gasteiger partial charge in [0.25, 0.3) is 0 Å². The molecule has 4 heteroatoms. The lowest BCUT2D eigenvalue weighted by atomic mass is 9.45. The number of hydrogen-bond donors (Lipinski definition) is 0. The van der Waals surface area contributed by atoms with E-state index < -0.39 is 5.41 Å². The van der Waals surface area contributed by atoms with Crippen molar-refractivity contribution in [3.63, 3.8) is 0 Å². The van der Waals surface area contributed by atoms with Gasteiger partial charge in [-0.2, -0.15) is 0 Å². The molecule has 1 saturated heterocycles. The minimum atomic E-state index is -0.556. The minimum Gasteiger partial charge on any atom is -0.472 e. The van der Waals surface area contributed by atoms with Gasteiger partial charge < -0.3 is 9.15 Å². The number of rotatable bonds is 3. The molecule has 24 heavy (non-hydrogen) atoms. The third-order valence-corrected chi connectivity index (χ3v) is 6.82. The number of carbonyl (C=O) groups excluding carboxylic acids is 2. The van der Waals surface area contributed by atoms with Crippen molar-refractivity contribution < 1.29 is 18.7 Å². The monoisotopic (exact) mass is 328 g/mol. The summed E-state index contributed by atoms with van der Waals surface area (Å²) in [6.07, 6.45) is 8.13. The summed E-state index contributed by atoms with van der Waals surface area (Å²) in [7, 11) is 0. The fourth-order valence-corrected chi connectivity index (χ4v) is 5.62. The molecule has 1 aromatic rings. The summed E-state index contributed by atoms with van der Waals surface area (Å²) in [6.45, 7) is 7.01. The van der Waals surface area contributed by atoms with Gasteiger partial charge in [0.2, 0.25) is 0 Å². The molecule has 1 aliphatic heterocycles. The molecule has 2 bridgehead atoms. The predicted molar refractivity (Wildman–Crippen MR) is 88.4 cm³/mol. The number of Topliss-reactive ketones (excluding diaryl/α,β-unsaturated/α-hetero) is 1. The lowest BCUT2D eigenvalue weighted by Crippen LogP contribution is -2.62. The van der Waals surface area contributed by atoms with Crippen LogP contribution in [-0.4, -0.2) is 18.4 Å². The molecular formula is C20H24O4. The summed E-state index contributed by atoms with van der Waals surface area (Å²) in [5.74, 6) is 0.102. The van der Waals surface area contributed by atoms with Crippen molar-refractivity contribution in [1.82, 2.24) is 0 Å². The Hall–Kier alpha value is -1.84. The van der Waals surface area contributed by atoms with Crippen LogP contribution in [0.4, 0.5) is 0 Å². The van der Waals surface area contributed by atoms with E-state index in [1.165, 1.54) is 12.5 Å². The average Bonchev–Trinajstić information content (AvgIpc) is 3.09. The van der Waals surface area contributed by atoms with Crippen LogP contribution in [0.2, 0.25) is 0 Å². The zero-order chi connectivity index (χ0) is 16.9. The van der Waals surface area contributed by atoms with Crippen LogP contribution in [0.25, 0.3) is 0 Å². The topological polar surface area (TPSA) is 56.5 Å². The van der Waals surface area contributed by atoms with E-state index in [9.17, 15) is 9.59 Å². The molecule has 0 radical (unpaired) electrons. The average molecular weight is 328 g/mol. The SMILES string of the molecule is C=C1CC[C@H]2[C@]3(C)CCC[C@]2(C(=O)OC3)[C@H]1CC(=O)c1ccoc1. The molecule has 3 fully saturated rings. The van der Waals surface area contributed by atoms with Gasteiger partial charge in [-0.25, -0.2) is 0 Å². The van der Waals surface area contributed by atoms with Crippen molar-refractivity contribution in [2.45, 2.75) is 45.4 Å². The van der Waals surface area contributed by atoms with Crippen LogP contribution < -0.4 is 0 Å². The predicted octanol–water partition coefficient (Wildman–Crippen LogP) is 4.17. The lowest BCUT2D eigenvalue weighted by molar-refractivity contribution is -0.207. The summed E-state index contributed by atoms with van der Waals surface area (Å²) in [4.78, 5) is 25.6. The Balaban J connectivity index is 1.72. The maximum absolute atomic E-state index is 12.9. The molecule has 3 aliphatic rings. The summed E-state index contributed by atoms with van der Waals surface area (Å²) in [6, 6.07) is 1.69. The molecule has 0 spiro atoms. The molecule has 128 valence electrons. The van der Waals surface area contributed by atoms with E-state index in [-0.39, 0.29) is 23.1 Å². The fraction of sp³-hybridized carbons (Fsp3) is 0.600. The van der Waals surface area contributed by atoms with E-state index in [0.717, 1.165) is 37.7 Å². The fourth-order valence-electron chi connectivity index (χ4n) is 5.62. The third-order valence-electron chi connectivity index (χ3n) is 6.82. The lowest BCUT2D eigenvalue weighted by Gasteiger charge is -2.60. The molecule has 0 amide bonds. The minimum absolute atomic E-state index is 0.0237. The van der Waals surface area contributed by atoms with Crippen LogP contribution in [0.3, 0.4) is 0 Å². The van der Waals surface area contributed by atoms with Gasteiger partial charge in [-0.15, -0.1) is 0 Å². The normalized spacial score (nSPS) is 38.4. The highest BCUT2D eigenvalue weighted by atomic mass is 16.5. The van der Waals surface area contributed by atoms with Crippen LogP contribution in [0.15, 0.2) is 35.2 Å². The number of esters is 1. The first-order valence-corrected chi connectivity index (χ1v) is 8.88. The zero-order valence-electron chi connectivity index (χ0n) is 14.2. The smallest absolute Gasteiger partial charge is 0.313 e. The van der Waals surface area contributed by atoms with E-state index in [0.29, 0.717) is 24.5 Å². The van der Waals surface area contributed by atoms with Crippen molar-refractivity contribution in [1.29, 1.82) is 0 Å². The molecule has 0 aromatic carbocycles. The number of ketones is 1. The summed E-state index contributed by atoms with van der Waals surface area (Å²) in [5, 5.41) is 0. The standard InChI is InChI=1S/C20H24O4/c1-13-4-5-17-19(2)7-3-8-20(17,18(22)24-12-19)15(13)10-16(21)14-6-9-23-11-14/h6,9,11,15,17H,1,3-5,7-8,10,12H2,2H3/t15-,17-,19+,20-/m0/s1. The molecule has 4 nitrogen and oxygen atoms in total. The Labute approximate surface area is 142 Å². The van der Waals surface area contributed by atoms with E-state index in [4.69, 9.17) is 9.15 Å². The van der Waals surface area contributed by atoms with Crippen molar-refractivity contribution in [2.24, 2.45) is 22.7 Å². The molecule has 0 unspecified atom stereocenters. The van der Waals surface area contributed by atoms with Crippen LogP contribution in [0, 0.1) is 22.7 Å². The zero-order valence-corrected chi connectivity index (χ0v) is 14.2.